The van der Waals surface area contributed by atoms with Gasteiger partial charge >= 0.3 is 0 Å². The van der Waals surface area contributed by atoms with Gasteiger partial charge in [0.15, 0.2) is 0 Å². The summed E-state index contributed by atoms with van der Waals surface area (Å²) in [5, 5.41) is 3.62. The topological polar surface area (TPSA) is 47.0 Å². The lowest BCUT2D eigenvalue weighted by molar-refractivity contribution is 0.130. The molecular formula is C12H16IN3O. The molecule has 3 rings (SSSR count). The van der Waals surface area contributed by atoms with E-state index in [1.807, 2.05) is 6.92 Å². The van der Waals surface area contributed by atoms with Crippen LogP contribution in [0.1, 0.15) is 31.2 Å². The fourth-order valence-corrected chi connectivity index (χ4v) is 3.15. The first-order valence-electron chi connectivity index (χ1n) is 6.12. The molecule has 2 aliphatic heterocycles. The quantitative estimate of drug-likeness (QED) is 0.658. The van der Waals surface area contributed by atoms with Crippen LogP contribution in [0.15, 0.2) is 6.33 Å². The summed E-state index contributed by atoms with van der Waals surface area (Å²) in [7, 11) is 0. The van der Waals surface area contributed by atoms with Crippen LogP contribution in [0.5, 0.6) is 5.88 Å². The highest BCUT2D eigenvalue weighted by Crippen LogP contribution is 2.30. The number of fused-ring (bicyclic) bond motifs is 2. The number of aromatic nitrogens is 2. The van der Waals surface area contributed by atoms with E-state index in [9.17, 15) is 0 Å². The fraction of sp³-hybridized carbons (Fsp3) is 0.667. The van der Waals surface area contributed by atoms with Crippen molar-refractivity contribution in [3.05, 3.63) is 15.6 Å². The molecule has 4 nitrogen and oxygen atoms in total. The number of rotatable bonds is 2. The van der Waals surface area contributed by atoms with Crippen LogP contribution in [-0.2, 0) is 0 Å². The van der Waals surface area contributed by atoms with Gasteiger partial charge in [0.25, 0.3) is 0 Å². The van der Waals surface area contributed by atoms with E-state index in [0.717, 1.165) is 28.0 Å². The van der Waals surface area contributed by atoms with Crippen LogP contribution in [0.3, 0.4) is 0 Å². The summed E-state index contributed by atoms with van der Waals surface area (Å²) >= 11 is 2.22. The zero-order valence-electron chi connectivity index (χ0n) is 9.82. The number of hydrogen-bond donors (Lipinski definition) is 1. The fourth-order valence-electron chi connectivity index (χ4n) is 2.79. The van der Waals surface area contributed by atoms with Crippen LogP contribution < -0.4 is 10.1 Å². The first kappa shape index (κ1) is 11.6. The Morgan fingerprint density at radius 2 is 2.00 bits per heavy atom. The highest BCUT2D eigenvalue weighted by atomic mass is 127. The molecule has 17 heavy (non-hydrogen) atoms. The number of piperidine rings is 1. The van der Waals surface area contributed by atoms with Crippen LogP contribution in [-0.4, -0.2) is 28.2 Å². The highest BCUT2D eigenvalue weighted by Gasteiger charge is 2.34. The van der Waals surface area contributed by atoms with Gasteiger partial charge in [0, 0.05) is 17.6 Å². The first-order valence-corrected chi connectivity index (χ1v) is 7.20. The van der Waals surface area contributed by atoms with Crippen molar-refractivity contribution in [2.45, 2.75) is 50.8 Å². The minimum atomic E-state index is 0.318. The van der Waals surface area contributed by atoms with Crippen molar-refractivity contribution >= 4 is 22.6 Å². The molecule has 0 saturated carbocycles. The third-order valence-corrected chi connectivity index (χ3v) is 4.77. The maximum atomic E-state index is 6.05. The Bertz CT molecular complexity index is 414. The van der Waals surface area contributed by atoms with Crippen molar-refractivity contribution in [1.29, 1.82) is 0 Å². The largest absolute Gasteiger partial charge is 0.474 e. The standard InChI is InChI=1S/C12H16IN3O/c1-7-11(13)14-6-15-12(7)17-10-4-8-2-3-9(5-10)16-8/h6,8-10,16H,2-5H2,1H3. The van der Waals surface area contributed by atoms with Crippen molar-refractivity contribution in [1.82, 2.24) is 15.3 Å². The molecule has 0 radical (unpaired) electrons. The number of nitrogens with zero attached hydrogens (tertiary/aromatic N) is 2. The number of ether oxygens (including phenoxy) is 1. The summed E-state index contributed by atoms with van der Waals surface area (Å²) in [6, 6.07) is 1.31. The number of hydrogen-bond acceptors (Lipinski definition) is 4. The average Bonchev–Trinajstić information content (AvgIpc) is 2.65. The smallest absolute Gasteiger partial charge is 0.220 e. The van der Waals surface area contributed by atoms with E-state index in [4.69, 9.17) is 4.74 Å². The van der Waals surface area contributed by atoms with E-state index >= 15 is 0 Å². The van der Waals surface area contributed by atoms with Gasteiger partial charge in [0.05, 0.1) is 0 Å². The normalized spacial score (nSPS) is 31.5. The molecule has 2 unspecified atom stereocenters. The molecule has 1 aromatic rings. The van der Waals surface area contributed by atoms with Crippen molar-refractivity contribution in [2.75, 3.05) is 0 Å². The molecule has 0 aliphatic carbocycles. The van der Waals surface area contributed by atoms with Gasteiger partial charge in [-0.2, -0.15) is 0 Å². The molecule has 2 atom stereocenters. The maximum Gasteiger partial charge on any atom is 0.220 e. The van der Waals surface area contributed by atoms with Gasteiger partial charge in [-0.1, -0.05) is 0 Å². The molecule has 2 aliphatic rings. The molecule has 3 heterocycles. The van der Waals surface area contributed by atoms with Crippen molar-refractivity contribution < 1.29 is 4.74 Å². The molecular weight excluding hydrogens is 329 g/mol. The summed E-state index contributed by atoms with van der Waals surface area (Å²) in [5.41, 5.74) is 1.05. The molecule has 0 aromatic carbocycles. The molecule has 0 spiro atoms. The molecule has 1 aromatic heterocycles. The Balaban J connectivity index is 1.72. The zero-order chi connectivity index (χ0) is 11.8. The Labute approximate surface area is 115 Å². The van der Waals surface area contributed by atoms with Crippen LogP contribution >= 0.6 is 22.6 Å². The number of halogens is 1. The summed E-state index contributed by atoms with van der Waals surface area (Å²) in [6.07, 6.45) is 6.71. The van der Waals surface area contributed by atoms with Crippen molar-refractivity contribution in [3.8, 4) is 5.88 Å². The van der Waals surface area contributed by atoms with E-state index < -0.39 is 0 Å². The lowest BCUT2D eigenvalue weighted by Crippen LogP contribution is -2.42. The highest BCUT2D eigenvalue weighted by molar-refractivity contribution is 14.1. The molecule has 2 bridgehead atoms. The molecule has 5 heteroatoms. The van der Waals surface area contributed by atoms with Crippen LogP contribution in [0.25, 0.3) is 0 Å². The van der Waals surface area contributed by atoms with E-state index in [1.54, 1.807) is 6.33 Å². The zero-order valence-corrected chi connectivity index (χ0v) is 12.0. The summed E-state index contributed by atoms with van der Waals surface area (Å²) < 4.78 is 7.03. The SMILES string of the molecule is Cc1c(I)ncnc1OC1CC2CCC(C1)N2. The Hall–Kier alpha value is -0.430. The van der Waals surface area contributed by atoms with Crippen LogP contribution in [0.2, 0.25) is 0 Å². The average molecular weight is 345 g/mol. The van der Waals surface area contributed by atoms with Crippen molar-refractivity contribution in [3.63, 3.8) is 0 Å². The maximum absolute atomic E-state index is 6.05. The Morgan fingerprint density at radius 3 is 2.71 bits per heavy atom. The van der Waals surface area contributed by atoms with E-state index in [0.29, 0.717) is 18.2 Å². The first-order chi connectivity index (χ1) is 8.22. The second-order valence-corrected chi connectivity index (χ2v) is 5.97. The van der Waals surface area contributed by atoms with Crippen LogP contribution in [0, 0.1) is 10.6 Å². The third kappa shape index (κ3) is 2.40. The summed E-state index contributed by atoms with van der Waals surface area (Å²) in [5.74, 6) is 0.760. The molecule has 2 fully saturated rings. The predicted molar refractivity (Wildman–Crippen MR) is 73.1 cm³/mol. The van der Waals surface area contributed by atoms with Crippen molar-refractivity contribution in [2.24, 2.45) is 0 Å². The van der Waals surface area contributed by atoms with Crippen LogP contribution in [0.4, 0.5) is 0 Å². The van der Waals surface area contributed by atoms with E-state index in [2.05, 4.69) is 37.9 Å². The Morgan fingerprint density at radius 1 is 1.29 bits per heavy atom. The van der Waals surface area contributed by atoms with Gasteiger partial charge in [-0.15, -0.1) is 0 Å². The number of nitrogens with one attached hydrogen (secondary N) is 1. The Kier molecular flexibility index (Phi) is 3.21. The second kappa shape index (κ2) is 4.68. The molecule has 0 amide bonds. The minimum Gasteiger partial charge on any atom is -0.474 e. The van der Waals surface area contributed by atoms with Gasteiger partial charge in [-0.05, 0) is 55.2 Å². The summed E-state index contributed by atoms with van der Waals surface area (Å²) in [6.45, 7) is 2.02. The van der Waals surface area contributed by atoms with Gasteiger partial charge in [-0.25, -0.2) is 9.97 Å². The molecule has 2 saturated heterocycles. The third-order valence-electron chi connectivity index (χ3n) is 3.68. The second-order valence-electron chi connectivity index (χ2n) is 4.94. The lowest BCUT2D eigenvalue weighted by Gasteiger charge is -2.29. The predicted octanol–water partition coefficient (Wildman–Crippen LogP) is 2.05. The monoisotopic (exact) mass is 345 g/mol. The summed E-state index contributed by atoms with van der Waals surface area (Å²) in [4.78, 5) is 8.40. The molecule has 1 N–H and O–H groups in total. The van der Waals surface area contributed by atoms with Gasteiger partial charge in [-0.3, -0.25) is 0 Å². The minimum absolute atomic E-state index is 0.318. The molecule has 92 valence electrons. The lowest BCUT2D eigenvalue weighted by atomic mass is 10.0. The van der Waals surface area contributed by atoms with E-state index in [-0.39, 0.29) is 0 Å². The van der Waals surface area contributed by atoms with Gasteiger partial charge in [0.2, 0.25) is 5.88 Å². The van der Waals surface area contributed by atoms with Gasteiger partial charge in [0.1, 0.15) is 16.1 Å². The van der Waals surface area contributed by atoms with E-state index in [1.165, 1.54) is 12.8 Å². The van der Waals surface area contributed by atoms with Gasteiger partial charge < -0.3 is 10.1 Å².